The summed E-state index contributed by atoms with van der Waals surface area (Å²) < 4.78 is 9.67. The third-order valence-corrected chi connectivity index (χ3v) is 15.9. The molecule has 11 rings (SSSR count). The van der Waals surface area contributed by atoms with Gasteiger partial charge in [-0.05, 0) is 125 Å². The van der Waals surface area contributed by atoms with Crippen LogP contribution in [0.2, 0.25) is 0 Å². The van der Waals surface area contributed by atoms with Gasteiger partial charge >= 0.3 is 12.2 Å². The van der Waals surface area contributed by atoms with E-state index in [0.29, 0.717) is 23.7 Å². The Kier molecular flexibility index (Phi) is 10.8. The number of carbonyl (C=O) groups is 4. The van der Waals surface area contributed by atoms with Crippen molar-refractivity contribution in [3.8, 4) is 44.8 Å². The van der Waals surface area contributed by atoms with Crippen LogP contribution in [0.5, 0.6) is 0 Å². The van der Waals surface area contributed by atoms with E-state index in [9.17, 15) is 19.2 Å². The number of carbonyl (C=O) groups excluding carboxylic acids is 4. The molecule has 2 saturated heterocycles. The van der Waals surface area contributed by atoms with E-state index in [1.54, 1.807) is 0 Å². The molecule has 6 aliphatic rings. The Morgan fingerprint density at radius 1 is 0.567 bits per heavy atom. The number of ether oxygens (including phenoxy) is 2. The molecule has 4 heterocycles. The summed E-state index contributed by atoms with van der Waals surface area (Å²) >= 11 is 0. The van der Waals surface area contributed by atoms with Crippen molar-refractivity contribution in [2.24, 2.45) is 23.7 Å². The van der Waals surface area contributed by atoms with Crippen LogP contribution in [-0.2, 0) is 19.1 Å². The van der Waals surface area contributed by atoms with Crippen molar-refractivity contribution in [2.45, 2.75) is 121 Å². The number of hydrogen-bond acceptors (Lipinski definition) is 8. The van der Waals surface area contributed by atoms with Gasteiger partial charge in [0.25, 0.3) is 0 Å². The Morgan fingerprint density at radius 2 is 0.955 bits per heavy atom. The summed E-state index contributed by atoms with van der Waals surface area (Å²) in [4.78, 5) is 72.8. The predicted octanol–water partition coefficient (Wildman–Crippen LogP) is 9.25. The van der Waals surface area contributed by atoms with E-state index >= 15 is 0 Å². The van der Waals surface area contributed by atoms with Crippen molar-refractivity contribution >= 4 is 24.0 Å². The molecule has 4 N–H and O–H groups in total. The maximum Gasteiger partial charge on any atom is 0.407 e. The molecule has 10 atom stereocenters. The number of imidazole rings is 2. The summed E-state index contributed by atoms with van der Waals surface area (Å²) in [6, 6.07) is 20.9. The van der Waals surface area contributed by atoms with Gasteiger partial charge in [-0.2, -0.15) is 0 Å². The van der Waals surface area contributed by atoms with Gasteiger partial charge in [0.2, 0.25) is 11.8 Å². The fourth-order valence-corrected chi connectivity index (χ4v) is 12.2. The Morgan fingerprint density at radius 3 is 1.33 bits per heavy atom. The summed E-state index contributed by atoms with van der Waals surface area (Å²) in [6.07, 6.45) is 9.85. The second kappa shape index (κ2) is 16.7. The van der Waals surface area contributed by atoms with Gasteiger partial charge in [-0.15, -0.1) is 0 Å². The second-order valence-electron chi connectivity index (χ2n) is 20.5. The summed E-state index contributed by atoms with van der Waals surface area (Å²) in [5.74, 6) is 3.20. The highest BCUT2D eigenvalue weighted by atomic mass is 16.5. The lowest BCUT2D eigenvalue weighted by Crippen LogP contribution is -2.52. The van der Waals surface area contributed by atoms with Crippen molar-refractivity contribution < 1.29 is 28.7 Å². The lowest BCUT2D eigenvalue weighted by atomic mass is 9.81. The molecule has 0 spiro atoms. The van der Waals surface area contributed by atoms with E-state index in [2.05, 4.69) is 81.3 Å². The van der Waals surface area contributed by atoms with Gasteiger partial charge in [0.1, 0.15) is 23.7 Å². The maximum atomic E-state index is 13.9. The molecule has 67 heavy (non-hydrogen) atoms. The Balaban J connectivity index is 0.804. The van der Waals surface area contributed by atoms with E-state index in [0.717, 1.165) is 59.8 Å². The molecule has 3 aromatic carbocycles. The SMILES string of the molecule is COC(=O)N[C@H](C(=O)N1C2CC2C[C@H]1c1ncc(-c2ccc(-c3ccc(-c4ccc(-c5cnc([C@@H]6CC7CC7N6C(=O)[C@@H](NC(=O)OC)C(C)C)[nH]5)cc4)c4c3C3CCC4C3)cc2)[nH]1)C(C)C. The van der Waals surface area contributed by atoms with Crippen LogP contribution >= 0.6 is 0 Å². The van der Waals surface area contributed by atoms with Crippen LogP contribution in [0.4, 0.5) is 9.59 Å². The number of fused-ring (bicyclic) bond motifs is 7. The van der Waals surface area contributed by atoms with Crippen molar-refractivity contribution in [1.82, 2.24) is 40.4 Å². The molecule has 3 saturated carbocycles. The predicted molar refractivity (Wildman–Crippen MR) is 252 cm³/mol. The van der Waals surface area contributed by atoms with Gasteiger partial charge in [0.05, 0.1) is 50.1 Å². The second-order valence-corrected chi connectivity index (χ2v) is 20.5. The zero-order valence-corrected chi connectivity index (χ0v) is 39.0. The van der Waals surface area contributed by atoms with E-state index in [4.69, 9.17) is 19.4 Å². The molecule has 0 radical (unpaired) electrons. The number of aromatic nitrogens is 4. The normalized spacial score (nSPS) is 26.0. The Labute approximate surface area is 391 Å². The molecule has 4 aliphatic carbocycles. The summed E-state index contributed by atoms with van der Waals surface area (Å²) in [7, 11) is 2.63. The third-order valence-electron chi connectivity index (χ3n) is 15.9. The molecule has 2 bridgehead atoms. The molecule has 348 valence electrons. The van der Waals surface area contributed by atoms with E-state index in [-0.39, 0.29) is 47.8 Å². The molecule has 4 amide bonds. The van der Waals surface area contributed by atoms with Crippen molar-refractivity contribution in [3.05, 3.63) is 95.8 Å². The van der Waals surface area contributed by atoms with Gasteiger partial charge in [-0.3, -0.25) is 9.59 Å². The maximum absolute atomic E-state index is 13.9. The molecule has 14 nitrogen and oxygen atoms in total. The quantitative estimate of drug-likeness (QED) is 0.0959. The van der Waals surface area contributed by atoms with Gasteiger partial charge in [0.15, 0.2) is 0 Å². The van der Waals surface area contributed by atoms with E-state index < -0.39 is 24.3 Å². The van der Waals surface area contributed by atoms with Crippen LogP contribution in [0, 0.1) is 23.7 Å². The van der Waals surface area contributed by atoms with Crippen molar-refractivity contribution in [2.75, 3.05) is 14.2 Å². The summed E-state index contributed by atoms with van der Waals surface area (Å²) in [5, 5.41) is 5.53. The number of rotatable bonds is 12. The number of alkyl carbamates (subject to hydrolysis) is 2. The number of H-pyrrole nitrogens is 2. The minimum Gasteiger partial charge on any atom is -0.453 e. The first-order valence-corrected chi connectivity index (χ1v) is 24.2. The highest BCUT2D eigenvalue weighted by molar-refractivity contribution is 5.88. The highest BCUT2D eigenvalue weighted by Crippen LogP contribution is 2.59. The van der Waals surface area contributed by atoms with Crippen LogP contribution in [0.15, 0.2) is 73.1 Å². The summed E-state index contributed by atoms with van der Waals surface area (Å²) in [6.45, 7) is 7.74. The zero-order valence-electron chi connectivity index (χ0n) is 39.0. The van der Waals surface area contributed by atoms with Crippen LogP contribution in [0.25, 0.3) is 44.8 Å². The first-order valence-electron chi connectivity index (χ1n) is 24.2. The smallest absolute Gasteiger partial charge is 0.407 e. The number of likely N-dealkylation sites (tertiary alicyclic amines) is 2. The molecule has 2 aromatic heterocycles. The number of hydrogen-bond donors (Lipinski definition) is 4. The van der Waals surface area contributed by atoms with Crippen LogP contribution in [0.3, 0.4) is 0 Å². The molecule has 6 unspecified atom stereocenters. The molecule has 2 aliphatic heterocycles. The lowest BCUT2D eigenvalue weighted by molar-refractivity contribution is -0.137. The number of nitrogens with one attached hydrogen (secondary N) is 4. The minimum absolute atomic E-state index is 0.0851. The molecule has 5 fully saturated rings. The van der Waals surface area contributed by atoms with Gasteiger partial charge in [0, 0.05) is 12.1 Å². The number of benzene rings is 3. The van der Waals surface area contributed by atoms with Gasteiger partial charge in [-0.1, -0.05) is 88.4 Å². The first kappa shape index (κ1) is 43.1. The minimum atomic E-state index is -0.672. The molecular formula is C53H60N8O6. The standard InChI is InChI=1S/C53H60N8O6/c1-26(2)46(58-52(64)66-5)50(62)60-40-20-34(40)22-42(60)48-54-24-38(56-48)30-11-7-28(8-12-30)36-17-18-37(45-33-16-15-32(19-33)44(36)45)29-9-13-31(14-10-29)39-25-55-49(57-39)43-23-35-21-41(35)61(43)51(63)47(27(3)4)59-53(65)67-6/h7-14,17-18,24-27,32-35,40-43,46-47H,15-16,19-23H2,1-6H3,(H,54,56)(H,55,57)(H,58,64)(H,59,65)/t32?,33?,34?,35?,40?,41?,42-,43-,46-,47-/m0/s1. The number of nitrogens with zero attached hydrogens (tertiary/aromatic N) is 4. The number of amides is 4. The Bertz CT molecular complexity index is 2560. The number of aromatic amines is 2. The van der Waals surface area contributed by atoms with Crippen molar-refractivity contribution in [3.63, 3.8) is 0 Å². The number of piperidine rings is 2. The topological polar surface area (TPSA) is 175 Å². The third kappa shape index (κ3) is 7.56. The average Bonchev–Trinajstić information content (AvgIpc) is 3.80. The van der Waals surface area contributed by atoms with Gasteiger partial charge in [-0.25, -0.2) is 19.6 Å². The van der Waals surface area contributed by atoms with E-state index in [1.807, 2.05) is 49.9 Å². The zero-order chi connectivity index (χ0) is 46.4. The monoisotopic (exact) mass is 904 g/mol. The summed E-state index contributed by atoms with van der Waals surface area (Å²) in [5.41, 5.74) is 11.9. The number of methoxy groups -OCH3 is 2. The molecular weight excluding hydrogens is 845 g/mol. The van der Waals surface area contributed by atoms with Crippen LogP contribution in [-0.4, -0.2) is 92.1 Å². The van der Waals surface area contributed by atoms with Crippen molar-refractivity contribution in [1.29, 1.82) is 0 Å². The highest BCUT2D eigenvalue weighted by Gasteiger charge is 2.57. The fourth-order valence-electron chi connectivity index (χ4n) is 12.2. The van der Waals surface area contributed by atoms with Crippen LogP contribution in [0.1, 0.15) is 119 Å². The molecule has 5 aromatic rings. The first-order chi connectivity index (χ1) is 32.4. The average molecular weight is 905 g/mol. The fraction of sp³-hybridized carbons (Fsp3) is 0.472. The molecule has 14 heteroatoms. The lowest BCUT2D eigenvalue weighted by Gasteiger charge is -2.31. The Hall–Kier alpha value is -6.44. The largest absolute Gasteiger partial charge is 0.453 e. The van der Waals surface area contributed by atoms with Gasteiger partial charge < -0.3 is 39.9 Å². The van der Waals surface area contributed by atoms with E-state index in [1.165, 1.54) is 66.9 Å². The van der Waals surface area contributed by atoms with Crippen LogP contribution < -0.4 is 10.6 Å².